The van der Waals surface area contributed by atoms with E-state index in [9.17, 15) is 14.0 Å². The predicted molar refractivity (Wildman–Crippen MR) is 125 cm³/mol. The van der Waals surface area contributed by atoms with Crippen LogP contribution in [0.2, 0.25) is 0 Å². The van der Waals surface area contributed by atoms with Crippen LogP contribution in [0.15, 0.2) is 35.1 Å². The van der Waals surface area contributed by atoms with Gasteiger partial charge in [0.1, 0.15) is 11.4 Å². The number of ether oxygens (including phenoxy) is 2. The minimum Gasteiger partial charge on any atom is -0.383 e. The third-order valence-electron chi connectivity index (χ3n) is 5.87. The summed E-state index contributed by atoms with van der Waals surface area (Å²) in [5.74, 6) is -0.779. The van der Waals surface area contributed by atoms with E-state index < -0.39 is 5.91 Å². The lowest BCUT2D eigenvalue weighted by molar-refractivity contribution is 0.0369. The van der Waals surface area contributed by atoms with Gasteiger partial charge in [-0.05, 0) is 38.0 Å². The largest absolute Gasteiger partial charge is 0.383 e. The summed E-state index contributed by atoms with van der Waals surface area (Å²) in [6.45, 7) is 8.89. The average Bonchev–Trinajstić information content (AvgIpc) is 2.76. The quantitative estimate of drug-likeness (QED) is 0.591. The van der Waals surface area contributed by atoms with Gasteiger partial charge in [0.25, 0.3) is 5.91 Å². The highest BCUT2D eigenvalue weighted by Crippen LogP contribution is 2.17. The molecule has 8 heteroatoms. The molecule has 0 aliphatic carbocycles. The average molecular weight is 460 g/mol. The number of methoxy groups -OCH3 is 1. The molecule has 1 fully saturated rings. The number of morpholine rings is 1. The SMILES string of the molecule is COC[C@@H](C)NC(=O)c1c(Cc2cccc(F)c2)n(CCCN2CCOCC2)c(C)cc1=O. The van der Waals surface area contributed by atoms with Crippen molar-refractivity contribution in [1.82, 2.24) is 14.8 Å². The number of nitrogens with zero attached hydrogens (tertiary/aromatic N) is 2. The first kappa shape index (κ1) is 25.1. The number of aromatic nitrogens is 1. The standard InChI is InChI=1S/C25H34FN3O4/c1-18(17-32-3)27-25(31)24-22(16-20-6-4-7-21(26)15-20)29(19(2)14-23(24)30)9-5-8-28-10-12-33-13-11-28/h4,6-7,14-15,18H,5,8-13,16-17H2,1-3H3,(H,27,31)/t18-/m1/s1. The zero-order valence-electron chi connectivity index (χ0n) is 19.7. The van der Waals surface area contributed by atoms with Gasteiger partial charge in [0, 0.05) is 63.2 Å². The molecule has 1 aliphatic rings. The molecule has 1 amide bonds. The van der Waals surface area contributed by atoms with E-state index in [2.05, 4.69) is 10.2 Å². The molecular weight excluding hydrogens is 425 g/mol. The summed E-state index contributed by atoms with van der Waals surface area (Å²) in [6, 6.07) is 7.54. The Labute approximate surface area is 194 Å². The maximum atomic E-state index is 13.9. The molecule has 0 saturated carbocycles. The fourth-order valence-electron chi connectivity index (χ4n) is 4.27. The summed E-state index contributed by atoms with van der Waals surface area (Å²) in [5.41, 5.74) is 1.88. The van der Waals surface area contributed by atoms with Crippen LogP contribution in [0.3, 0.4) is 0 Å². The highest BCUT2D eigenvalue weighted by molar-refractivity contribution is 5.95. The lowest BCUT2D eigenvalue weighted by atomic mass is 10.0. The van der Waals surface area contributed by atoms with Crippen molar-refractivity contribution >= 4 is 5.91 Å². The number of carbonyl (C=O) groups excluding carboxylic acids is 1. The first-order valence-electron chi connectivity index (χ1n) is 11.5. The van der Waals surface area contributed by atoms with Gasteiger partial charge in [-0.2, -0.15) is 0 Å². The monoisotopic (exact) mass is 459 g/mol. The van der Waals surface area contributed by atoms with Gasteiger partial charge in [-0.25, -0.2) is 4.39 Å². The van der Waals surface area contributed by atoms with Gasteiger partial charge in [0.15, 0.2) is 5.43 Å². The van der Waals surface area contributed by atoms with E-state index >= 15 is 0 Å². The van der Waals surface area contributed by atoms with E-state index in [1.807, 2.05) is 24.5 Å². The van der Waals surface area contributed by atoms with E-state index in [1.54, 1.807) is 13.2 Å². The molecule has 1 aliphatic heterocycles. The maximum Gasteiger partial charge on any atom is 0.257 e. The number of hydrogen-bond acceptors (Lipinski definition) is 5. The Hall–Kier alpha value is -2.55. The zero-order valence-corrected chi connectivity index (χ0v) is 19.7. The Bertz CT molecular complexity index is 1000. The molecule has 33 heavy (non-hydrogen) atoms. The number of amides is 1. The third kappa shape index (κ3) is 6.96. The molecule has 180 valence electrons. The first-order chi connectivity index (χ1) is 15.9. The number of rotatable bonds is 10. The van der Waals surface area contributed by atoms with Gasteiger partial charge in [0.2, 0.25) is 0 Å². The van der Waals surface area contributed by atoms with E-state index in [1.165, 1.54) is 18.2 Å². The lowest BCUT2D eigenvalue weighted by Gasteiger charge is -2.27. The Morgan fingerprint density at radius 3 is 2.70 bits per heavy atom. The van der Waals surface area contributed by atoms with Crippen LogP contribution in [-0.4, -0.2) is 68.0 Å². The number of carbonyl (C=O) groups is 1. The second-order valence-electron chi connectivity index (χ2n) is 8.57. The Morgan fingerprint density at radius 2 is 2.00 bits per heavy atom. The van der Waals surface area contributed by atoms with Gasteiger partial charge < -0.3 is 19.4 Å². The van der Waals surface area contributed by atoms with Crippen LogP contribution in [0.25, 0.3) is 0 Å². The number of benzene rings is 1. The molecule has 1 aromatic heterocycles. The van der Waals surface area contributed by atoms with Crippen molar-refractivity contribution in [3.63, 3.8) is 0 Å². The third-order valence-corrected chi connectivity index (χ3v) is 5.87. The molecule has 2 aromatic rings. The van der Waals surface area contributed by atoms with Crippen molar-refractivity contribution in [2.45, 2.75) is 39.3 Å². The Balaban J connectivity index is 1.93. The van der Waals surface area contributed by atoms with Gasteiger partial charge in [-0.15, -0.1) is 0 Å². The predicted octanol–water partition coefficient (Wildman–Crippen LogP) is 2.37. The summed E-state index contributed by atoms with van der Waals surface area (Å²) in [5, 5.41) is 2.86. The number of pyridine rings is 1. The fourth-order valence-corrected chi connectivity index (χ4v) is 4.27. The van der Waals surface area contributed by atoms with E-state index in [-0.39, 0.29) is 29.3 Å². The molecular formula is C25H34FN3O4. The Morgan fingerprint density at radius 1 is 1.24 bits per heavy atom. The topological polar surface area (TPSA) is 72.8 Å². The van der Waals surface area contributed by atoms with Gasteiger partial charge in [-0.3, -0.25) is 14.5 Å². The summed E-state index contributed by atoms with van der Waals surface area (Å²) < 4.78 is 26.4. The summed E-state index contributed by atoms with van der Waals surface area (Å²) in [7, 11) is 1.56. The van der Waals surface area contributed by atoms with Gasteiger partial charge in [-0.1, -0.05) is 12.1 Å². The summed E-state index contributed by atoms with van der Waals surface area (Å²) in [4.78, 5) is 28.5. The second kappa shape index (κ2) is 12.1. The number of halogens is 1. The van der Waals surface area contributed by atoms with Crippen LogP contribution in [0.5, 0.6) is 0 Å². The van der Waals surface area contributed by atoms with Crippen molar-refractivity contribution in [3.8, 4) is 0 Å². The highest BCUT2D eigenvalue weighted by Gasteiger charge is 2.22. The zero-order chi connectivity index (χ0) is 23.8. The summed E-state index contributed by atoms with van der Waals surface area (Å²) >= 11 is 0. The minimum atomic E-state index is -0.433. The maximum absolute atomic E-state index is 13.9. The van der Waals surface area contributed by atoms with Crippen LogP contribution in [0.1, 0.15) is 40.7 Å². The summed E-state index contributed by atoms with van der Waals surface area (Å²) in [6.07, 6.45) is 1.15. The van der Waals surface area contributed by atoms with Crippen molar-refractivity contribution in [2.24, 2.45) is 0 Å². The molecule has 0 radical (unpaired) electrons. The van der Waals surface area contributed by atoms with Crippen LogP contribution in [0, 0.1) is 12.7 Å². The molecule has 0 spiro atoms. The first-order valence-corrected chi connectivity index (χ1v) is 11.5. The van der Waals surface area contributed by atoms with E-state index in [4.69, 9.17) is 9.47 Å². The molecule has 7 nitrogen and oxygen atoms in total. The number of aryl methyl sites for hydroxylation is 1. The van der Waals surface area contributed by atoms with Crippen LogP contribution >= 0.6 is 0 Å². The van der Waals surface area contributed by atoms with E-state index in [0.717, 1.165) is 45.0 Å². The molecule has 1 aromatic carbocycles. The Kier molecular flexibility index (Phi) is 9.17. The fraction of sp³-hybridized carbons (Fsp3) is 0.520. The van der Waals surface area contributed by atoms with E-state index in [0.29, 0.717) is 24.4 Å². The van der Waals surface area contributed by atoms with Crippen molar-refractivity contribution in [2.75, 3.05) is 46.6 Å². The van der Waals surface area contributed by atoms with Crippen LogP contribution in [-0.2, 0) is 22.4 Å². The molecule has 1 saturated heterocycles. The van der Waals surface area contributed by atoms with Crippen LogP contribution < -0.4 is 10.7 Å². The van der Waals surface area contributed by atoms with Crippen molar-refractivity contribution < 1.29 is 18.7 Å². The van der Waals surface area contributed by atoms with Crippen molar-refractivity contribution in [3.05, 3.63) is 68.9 Å². The molecule has 2 heterocycles. The molecule has 1 N–H and O–H groups in total. The smallest absolute Gasteiger partial charge is 0.257 e. The number of nitrogens with one attached hydrogen (secondary N) is 1. The van der Waals surface area contributed by atoms with Gasteiger partial charge >= 0.3 is 0 Å². The second-order valence-corrected chi connectivity index (χ2v) is 8.57. The molecule has 0 unspecified atom stereocenters. The molecule has 3 rings (SSSR count). The molecule has 1 atom stereocenters. The van der Waals surface area contributed by atoms with Gasteiger partial charge in [0.05, 0.1) is 19.8 Å². The number of hydrogen-bond donors (Lipinski definition) is 1. The molecule has 0 bridgehead atoms. The normalized spacial score (nSPS) is 15.4. The van der Waals surface area contributed by atoms with Crippen LogP contribution in [0.4, 0.5) is 4.39 Å². The lowest BCUT2D eigenvalue weighted by Crippen LogP contribution is -2.40. The highest BCUT2D eigenvalue weighted by atomic mass is 19.1. The van der Waals surface area contributed by atoms with Crippen molar-refractivity contribution in [1.29, 1.82) is 0 Å². The minimum absolute atomic E-state index is 0.110.